The number of amides is 1. The number of piperidine rings is 1. The molecule has 2 aliphatic rings. The Balaban J connectivity index is 1.59. The molecule has 3 rings (SSSR count). The largest absolute Gasteiger partial charge is 0.493 e. The lowest BCUT2D eigenvalue weighted by Crippen LogP contribution is -2.38. The molecule has 3 N–H and O–H groups in total. The fraction of sp³-hybridized carbons (Fsp3) is 0.652. The minimum atomic E-state index is -0.725. The number of nitrogens with one attached hydrogen (secondary N) is 2. The number of carboxylic acids is 1. The summed E-state index contributed by atoms with van der Waals surface area (Å²) in [4.78, 5) is 23.7. The Morgan fingerprint density at radius 1 is 1.14 bits per heavy atom. The maximum absolute atomic E-state index is 12.9. The maximum Gasteiger partial charge on any atom is 0.303 e. The zero-order valence-corrected chi connectivity index (χ0v) is 17.4. The van der Waals surface area contributed by atoms with Crippen LogP contribution in [0.5, 0.6) is 5.75 Å². The number of hydrogen-bond donors (Lipinski definition) is 3. The summed E-state index contributed by atoms with van der Waals surface area (Å²) in [7, 11) is 0. The van der Waals surface area contributed by atoms with Crippen LogP contribution in [-0.2, 0) is 4.79 Å². The molecule has 6 nitrogen and oxygen atoms in total. The molecular formula is C23H34N2O4. The van der Waals surface area contributed by atoms with Crippen molar-refractivity contribution in [2.75, 3.05) is 19.7 Å². The van der Waals surface area contributed by atoms with E-state index in [4.69, 9.17) is 9.84 Å². The molecule has 0 aromatic heterocycles. The molecule has 1 aromatic carbocycles. The molecule has 0 bridgehead atoms. The van der Waals surface area contributed by atoms with E-state index in [-0.39, 0.29) is 18.4 Å². The predicted octanol–water partition coefficient (Wildman–Crippen LogP) is 3.71. The van der Waals surface area contributed by atoms with Crippen LogP contribution in [0.3, 0.4) is 0 Å². The minimum absolute atomic E-state index is 0.0701. The molecule has 1 saturated heterocycles. The van der Waals surface area contributed by atoms with E-state index in [2.05, 4.69) is 22.8 Å². The van der Waals surface area contributed by atoms with E-state index in [0.29, 0.717) is 29.8 Å². The first-order valence-electron chi connectivity index (χ1n) is 11.1. The highest BCUT2D eigenvalue weighted by atomic mass is 16.5. The molecule has 160 valence electrons. The fourth-order valence-electron chi connectivity index (χ4n) is 4.60. The lowest BCUT2D eigenvalue weighted by Gasteiger charge is -2.29. The van der Waals surface area contributed by atoms with Crippen LogP contribution in [0.2, 0.25) is 0 Å². The monoisotopic (exact) mass is 402 g/mol. The molecule has 1 aliphatic heterocycles. The van der Waals surface area contributed by atoms with Gasteiger partial charge in [-0.1, -0.05) is 6.07 Å². The Labute approximate surface area is 173 Å². The molecule has 2 fully saturated rings. The number of benzene rings is 1. The first-order valence-corrected chi connectivity index (χ1v) is 11.1. The Morgan fingerprint density at radius 2 is 1.86 bits per heavy atom. The zero-order valence-electron chi connectivity index (χ0n) is 17.4. The van der Waals surface area contributed by atoms with Gasteiger partial charge >= 0.3 is 5.97 Å². The smallest absolute Gasteiger partial charge is 0.303 e. The molecule has 1 amide bonds. The molecule has 6 heteroatoms. The van der Waals surface area contributed by atoms with Crippen molar-refractivity contribution in [1.29, 1.82) is 0 Å². The van der Waals surface area contributed by atoms with Crippen LogP contribution in [-0.4, -0.2) is 42.7 Å². The quantitative estimate of drug-likeness (QED) is 0.617. The Bertz CT molecular complexity index is 692. The number of ether oxygens (including phenoxy) is 1. The number of carboxylic acid groups (broad SMARTS) is 1. The molecular weight excluding hydrogens is 368 g/mol. The van der Waals surface area contributed by atoms with Crippen LogP contribution in [0.4, 0.5) is 0 Å². The van der Waals surface area contributed by atoms with Crippen molar-refractivity contribution in [3.63, 3.8) is 0 Å². The number of hydrogen-bond acceptors (Lipinski definition) is 4. The van der Waals surface area contributed by atoms with Gasteiger partial charge in [-0.15, -0.1) is 0 Å². The zero-order chi connectivity index (χ0) is 20.6. The van der Waals surface area contributed by atoms with E-state index in [1.807, 2.05) is 13.0 Å². The highest BCUT2D eigenvalue weighted by Gasteiger charge is 2.25. The lowest BCUT2D eigenvalue weighted by atomic mass is 9.83. The van der Waals surface area contributed by atoms with Crippen molar-refractivity contribution in [1.82, 2.24) is 10.6 Å². The highest BCUT2D eigenvalue weighted by molar-refractivity contribution is 5.97. The van der Waals surface area contributed by atoms with Crippen LogP contribution in [0.15, 0.2) is 18.2 Å². The molecule has 0 radical (unpaired) electrons. The molecule has 29 heavy (non-hydrogen) atoms. The van der Waals surface area contributed by atoms with Gasteiger partial charge in [0.25, 0.3) is 5.91 Å². The molecule has 1 heterocycles. The van der Waals surface area contributed by atoms with Crippen LogP contribution in [0.1, 0.15) is 80.1 Å². The third kappa shape index (κ3) is 6.20. The summed E-state index contributed by atoms with van der Waals surface area (Å²) in [5, 5.41) is 15.4. The summed E-state index contributed by atoms with van der Waals surface area (Å²) in [5.41, 5.74) is 1.86. The van der Waals surface area contributed by atoms with Gasteiger partial charge in [-0.05, 0) is 94.5 Å². The maximum atomic E-state index is 12.9. The van der Waals surface area contributed by atoms with Crippen molar-refractivity contribution in [3.8, 4) is 5.75 Å². The second kappa shape index (κ2) is 10.6. The van der Waals surface area contributed by atoms with Gasteiger partial charge in [0.15, 0.2) is 0 Å². The lowest BCUT2D eigenvalue weighted by molar-refractivity contribution is -0.137. The summed E-state index contributed by atoms with van der Waals surface area (Å²) < 4.78 is 5.82. The molecule has 1 aromatic rings. The third-order valence-electron chi connectivity index (χ3n) is 6.31. The van der Waals surface area contributed by atoms with Crippen LogP contribution < -0.4 is 15.4 Å². The van der Waals surface area contributed by atoms with Gasteiger partial charge in [0.05, 0.1) is 12.2 Å². The predicted molar refractivity (Wildman–Crippen MR) is 113 cm³/mol. The van der Waals surface area contributed by atoms with E-state index in [9.17, 15) is 9.59 Å². The van der Waals surface area contributed by atoms with E-state index < -0.39 is 5.97 Å². The van der Waals surface area contributed by atoms with Gasteiger partial charge in [0, 0.05) is 12.5 Å². The number of rotatable bonds is 8. The van der Waals surface area contributed by atoms with E-state index in [1.54, 1.807) is 0 Å². The summed E-state index contributed by atoms with van der Waals surface area (Å²) >= 11 is 0. The normalized spacial score (nSPS) is 22.8. The molecule has 0 spiro atoms. The second-order valence-corrected chi connectivity index (χ2v) is 8.34. The van der Waals surface area contributed by atoms with E-state index >= 15 is 0 Å². The van der Waals surface area contributed by atoms with Gasteiger partial charge in [-0.2, -0.15) is 0 Å². The standard InChI is InChI=1S/C23H34N2O4/c1-2-29-21-15-18(17-11-13-24-14-12-17)6-9-20(21)23(28)25-19-7-3-16(4-8-19)5-10-22(26)27/h6,9,15-17,19,24H,2-5,7-8,10-14H2,1H3,(H,25,28)(H,26,27). The van der Waals surface area contributed by atoms with Gasteiger partial charge in [0.2, 0.25) is 0 Å². The molecule has 0 unspecified atom stereocenters. The average Bonchev–Trinajstić information content (AvgIpc) is 2.74. The first kappa shape index (κ1) is 21.6. The first-order chi connectivity index (χ1) is 14.1. The summed E-state index contributed by atoms with van der Waals surface area (Å²) in [6.45, 7) is 4.54. The SMILES string of the molecule is CCOc1cc(C2CCNCC2)ccc1C(=O)NC1CCC(CCC(=O)O)CC1. The summed E-state index contributed by atoms with van der Waals surface area (Å²) in [5.74, 6) is 0.864. The molecule has 0 atom stereocenters. The summed E-state index contributed by atoms with van der Waals surface area (Å²) in [6.07, 6.45) is 6.98. The molecule has 1 aliphatic carbocycles. The van der Waals surface area contributed by atoms with E-state index in [1.165, 1.54) is 5.56 Å². The van der Waals surface area contributed by atoms with Crippen LogP contribution in [0.25, 0.3) is 0 Å². The third-order valence-corrected chi connectivity index (χ3v) is 6.31. The number of aliphatic carboxylic acids is 1. The summed E-state index contributed by atoms with van der Waals surface area (Å²) in [6, 6.07) is 6.20. The molecule has 1 saturated carbocycles. The minimum Gasteiger partial charge on any atom is -0.493 e. The Morgan fingerprint density at radius 3 is 2.52 bits per heavy atom. The average molecular weight is 403 g/mol. The topological polar surface area (TPSA) is 87.7 Å². The number of carbonyl (C=O) groups excluding carboxylic acids is 1. The van der Waals surface area contributed by atoms with Crippen molar-refractivity contribution >= 4 is 11.9 Å². The van der Waals surface area contributed by atoms with Crippen molar-refractivity contribution in [2.45, 2.75) is 70.3 Å². The van der Waals surface area contributed by atoms with Crippen molar-refractivity contribution in [3.05, 3.63) is 29.3 Å². The van der Waals surface area contributed by atoms with Crippen molar-refractivity contribution < 1.29 is 19.4 Å². The van der Waals surface area contributed by atoms with Gasteiger partial charge in [-0.3, -0.25) is 9.59 Å². The Hall–Kier alpha value is -2.08. The Kier molecular flexibility index (Phi) is 7.92. The highest BCUT2D eigenvalue weighted by Crippen LogP contribution is 2.31. The second-order valence-electron chi connectivity index (χ2n) is 8.34. The van der Waals surface area contributed by atoms with E-state index in [0.717, 1.165) is 58.0 Å². The van der Waals surface area contributed by atoms with Gasteiger partial charge in [-0.25, -0.2) is 0 Å². The number of carbonyl (C=O) groups is 2. The van der Waals surface area contributed by atoms with Crippen molar-refractivity contribution in [2.24, 2.45) is 5.92 Å². The fourth-order valence-corrected chi connectivity index (χ4v) is 4.60. The van der Waals surface area contributed by atoms with Gasteiger partial charge in [0.1, 0.15) is 5.75 Å². The van der Waals surface area contributed by atoms with Gasteiger partial charge < -0.3 is 20.5 Å². The van der Waals surface area contributed by atoms with Crippen LogP contribution in [0, 0.1) is 5.92 Å². The van der Waals surface area contributed by atoms with Crippen LogP contribution >= 0.6 is 0 Å².